The highest BCUT2D eigenvalue weighted by Crippen LogP contribution is 2.32. The van der Waals surface area contributed by atoms with E-state index in [4.69, 9.17) is 12.2 Å². The van der Waals surface area contributed by atoms with Gasteiger partial charge < -0.3 is 0 Å². The number of nitrogens with one attached hydrogen (secondary N) is 2. The van der Waals surface area contributed by atoms with Gasteiger partial charge in [0.05, 0.1) is 9.80 Å². The molecule has 0 atom stereocenters. The number of aryl methyl sites for hydroxylation is 1. The van der Waals surface area contributed by atoms with Gasteiger partial charge in [0.15, 0.2) is 0 Å². The molecule has 10 heteroatoms. The fourth-order valence-electron chi connectivity index (χ4n) is 2.94. The first-order valence-electron chi connectivity index (χ1n) is 10.00. The summed E-state index contributed by atoms with van der Waals surface area (Å²) in [6.45, 7) is 2.36. The lowest BCUT2D eigenvalue weighted by Gasteiger charge is -2.14. The van der Waals surface area contributed by atoms with Gasteiger partial charge in [0.2, 0.25) is 5.91 Å². The van der Waals surface area contributed by atoms with Crippen molar-refractivity contribution in [3.63, 3.8) is 0 Å². The number of thioether (sulfide) groups is 1. The summed E-state index contributed by atoms with van der Waals surface area (Å²) in [6.07, 6.45) is 3.13. The van der Waals surface area contributed by atoms with Crippen LogP contribution >= 0.6 is 24.0 Å². The molecule has 1 aliphatic rings. The Balaban J connectivity index is 1.49. The Morgan fingerprint density at radius 2 is 1.81 bits per heavy atom. The number of hydrogen-bond acceptors (Lipinski definition) is 6. The van der Waals surface area contributed by atoms with E-state index in [9.17, 15) is 18.0 Å². The lowest BCUT2D eigenvalue weighted by Crippen LogP contribution is -2.41. The molecule has 0 aromatic heterocycles. The molecule has 0 unspecified atom stereocenters. The fourth-order valence-corrected chi connectivity index (χ4v) is 5.13. The topological polar surface area (TPSA) is 95.6 Å². The summed E-state index contributed by atoms with van der Waals surface area (Å²) in [6, 6.07) is 15.7. The van der Waals surface area contributed by atoms with Crippen molar-refractivity contribution in [2.24, 2.45) is 0 Å². The number of nitrogens with zero attached hydrogens (tertiary/aromatic N) is 1. The predicted octanol–water partition coefficient (Wildman–Crippen LogP) is 3.24. The molecule has 1 heterocycles. The SMILES string of the molecule is CCc1ccc(C=C2SC(=S)N(CCCC(=O)NNS(=O)(=O)c3ccccc3)C2=O)cc1. The largest absolute Gasteiger partial charge is 0.293 e. The van der Waals surface area contributed by atoms with Crippen molar-refractivity contribution in [3.05, 3.63) is 70.6 Å². The van der Waals surface area contributed by atoms with Crippen LogP contribution in [-0.4, -0.2) is 36.0 Å². The van der Waals surface area contributed by atoms with Gasteiger partial charge in [-0.1, -0.05) is 73.4 Å². The Morgan fingerprint density at radius 1 is 1.12 bits per heavy atom. The second-order valence-corrected chi connectivity index (χ2v) is 10.4. The fraction of sp³-hybridized carbons (Fsp3) is 0.227. The van der Waals surface area contributed by atoms with Crippen LogP contribution in [-0.2, 0) is 26.0 Å². The summed E-state index contributed by atoms with van der Waals surface area (Å²) in [5.74, 6) is -0.689. The first kappa shape index (κ1) is 24.1. The van der Waals surface area contributed by atoms with Crippen LogP contribution in [0.1, 0.15) is 30.9 Å². The first-order valence-corrected chi connectivity index (χ1v) is 12.7. The van der Waals surface area contributed by atoms with E-state index in [2.05, 4.69) is 17.2 Å². The molecule has 1 saturated heterocycles. The Labute approximate surface area is 197 Å². The number of hydrazine groups is 1. The minimum absolute atomic E-state index is 0.0336. The van der Waals surface area contributed by atoms with Crippen molar-refractivity contribution in [2.75, 3.05) is 6.54 Å². The van der Waals surface area contributed by atoms with Crippen molar-refractivity contribution >= 4 is 56.2 Å². The number of benzene rings is 2. The molecular formula is C22H23N3O4S3. The lowest BCUT2D eigenvalue weighted by molar-refractivity contribution is -0.124. The average Bonchev–Trinajstić information content (AvgIpc) is 3.06. The molecule has 1 aliphatic heterocycles. The highest BCUT2D eigenvalue weighted by molar-refractivity contribution is 8.26. The van der Waals surface area contributed by atoms with Gasteiger partial charge in [-0.15, -0.1) is 4.83 Å². The molecule has 0 spiro atoms. The molecule has 0 bridgehead atoms. The molecule has 0 saturated carbocycles. The van der Waals surface area contributed by atoms with Gasteiger partial charge in [-0.25, -0.2) is 8.42 Å². The minimum Gasteiger partial charge on any atom is -0.293 e. The Morgan fingerprint density at radius 3 is 2.47 bits per heavy atom. The van der Waals surface area contributed by atoms with Crippen LogP contribution in [0.15, 0.2) is 64.4 Å². The second-order valence-electron chi connectivity index (χ2n) is 7.00. The van der Waals surface area contributed by atoms with Crippen LogP contribution < -0.4 is 10.3 Å². The summed E-state index contributed by atoms with van der Waals surface area (Å²) < 4.78 is 24.7. The number of amides is 2. The molecule has 1 fully saturated rings. The first-order chi connectivity index (χ1) is 15.3. The molecule has 0 radical (unpaired) electrons. The maximum Gasteiger partial charge on any atom is 0.266 e. The molecule has 168 valence electrons. The highest BCUT2D eigenvalue weighted by atomic mass is 32.2. The Hall–Kier alpha value is -2.53. The monoisotopic (exact) mass is 489 g/mol. The van der Waals surface area contributed by atoms with Gasteiger partial charge in [-0.05, 0) is 42.2 Å². The number of carbonyl (C=O) groups excluding carboxylic acids is 2. The molecule has 2 aromatic rings. The summed E-state index contributed by atoms with van der Waals surface area (Å²) in [5.41, 5.74) is 4.34. The predicted molar refractivity (Wildman–Crippen MR) is 130 cm³/mol. The number of sulfonamides is 1. The van der Waals surface area contributed by atoms with E-state index in [-0.39, 0.29) is 23.8 Å². The lowest BCUT2D eigenvalue weighted by atomic mass is 10.1. The normalized spacial score (nSPS) is 15.4. The van der Waals surface area contributed by atoms with E-state index in [0.29, 0.717) is 15.6 Å². The van der Waals surface area contributed by atoms with Crippen LogP contribution in [0.5, 0.6) is 0 Å². The van der Waals surface area contributed by atoms with E-state index < -0.39 is 15.9 Å². The maximum absolute atomic E-state index is 12.7. The third-order valence-corrected chi connectivity index (χ3v) is 7.36. The molecule has 7 nitrogen and oxygen atoms in total. The molecule has 2 aromatic carbocycles. The number of thiocarbonyl (C=S) groups is 1. The highest BCUT2D eigenvalue weighted by Gasteiger charge is 2.31. The van der Waals surface area contributed by atoms with Crippen LogP contribution in [0, 0.1) is 0 Å². The smallest absolute Gasteiger partial charge is 0.266 e. The van der Waals surface area contributed by atoms with Gasteiger partial charge >= 0.3 is 0 Å². The standard InChI is InChI=1S/C22H23N3O4S3/c1-2-16-10-12-17(13-11-16)15-19-21(27)25(22(30)31-19)14-6-9-20(26)23-24-32(28,29)18-7-4-3-5-8-18/h3-5,7-8,10-13,15,24H,2,6,9,14H2,1H3,(H,23,26). The van der Waals surface area contributed by atoms with Crippen molar-refractivity contribution < 1.29 is 18.0 Å². The van der Waals surface area contributed by atoms with Crippen LogP contribution in [0.4, 0.5) is 0 Å². The number of carbonyl (C=O) groups is 2. The minimum atomic E-state index is -3.83. The summed E-state index contributed by atoms with van der Waals surface area (Å²) in [7, 11) is -3.83. The Bertz CT molecular complexity index is 1130. The van der Waals surface area contributed by atoms with E-state index in [0.717, 1.165) is 12.0 Å². The molecule has 3 rings (SSSR count). The maximum atomic E-state index is 12.7. The zero-order valence-electron chi connectivity index (χ0n) is 17.4. The molecule has 0 aliphatic carbocycles. The molecule has 32 heavy (non-hydrogen) atoms. The summed E-state index contributed by atoms with van der Waals surface area (Å²) in [4.78, 5) is 28.8. The molecular weight excluding hydrogens is 466 g/mol. The van der Waals surface area contributed by atoms with E-state index in [1.54, 1.807) is 18.2 Å². The third-order valence-electron chi connectivity index (χ3n) is 4.72. The van der Waals surface area contributed by atoms with Crippen LogP contribution in [0.2, 0.25) is 0 Å². The summed E-state index contributed by atoms with van der Waals surface area (Å²) in [5, 5.41) is 0. The third kappa shape index (κ3) is 6.26. The van der Waals surface area contributed by atoms with E-state index in [1.807, 2.05) is 30.3 Å². The van der Waals surface area contributed by atoms with Gasteiger partial charge in [-0.2, -0.15) is 0 Å². The van der Waals surface area contributed by atoms with Crippen molar-refractivity contribution in [1.29, 1.82) is 0 Å². The summed E-state index contributed by atoms with van der Waals surface area (Å²) >= 11 is 6.55. The molecule has 2 N–H and O–H groups in total. The van der Waals surface area contributed by atoms with Crippen LogP contribution in [0.25, 0.3) is 6.08 Å². The van der Waals surface area contributed by atoms with Gasteiger partial charge in [0.25, 0.3) is 15.9 Å². The van der Waals surface area contributed by atoms with Crippen molar-refractivity contribution in [2.45, 2.75) is 31.1 Å². The quantitative estimate of drug-likeness (QED) is 0.319. The number of rotatable bonds is 9. The molecule has 2 amide bonds. The van der Waals surface area contributed by atoms with E-state index >= 15 is 0 Å². The average molecular weight is 490 g/mol. The number of hydrogen-bond donors (Lipinski definition) is 2. The Kier molecular flexibility index (Phi) is 8.19. The van der Waals surface area contributed by atoms with Crippen LogP contribution in [0.3, 0.4) is 0 Å². The van der Waals surface area contributed by atoms with Gasteiger partial charge in [-0.3, -0.25) is 19.9 Å². The zero-order valence-corrected chi connectivity index (χ0v) is 19.9. The van der Waals surface area contributed by atoms with Gasteiger partial charge in [0.1, 0.15) is 4.32 Å². The van der Waals surface area contributed by atoms with Crippen molar-refractivity contribution in [1.82, 2.24) is 15.2 Å². The zero-order chi connectivity index (χ0) is 23.1. The second kappa shape index (κ2) is 10.9. The van der Waals surface area contributed by atoms with Crippen molar-refractivity contribution in [3.8, 4) is 0 Å². The van der Waals surface area contributed by atoms with E-state index in [1.165, 1.54) is 34.4 Å². The van der Waals surface area contributed by atoms with Gasteiger partial charge in [0, 0.05) is 13.0 Å².